The van der Waals surface area contributed by atoms with E-state index in [9.17, 15) is 0 Å². The average molecular weight is 211 g/mol. The Morgan fingerprint density at radius 2 is 2.22 bits per heavy atom. The molecule has 1 rings (SSSR count). The predicted molar refractivity (Wildman–Crippen MR) is 42.9 cm³/mol. The van der Waals surface area contributed by atoms with Gasteiger partial charge in [-0.05, 0) is 28.9 Å². The number of aromatic nitrogens is 2. The second kappa shape index (κ2) is 3.22. The molecule has 0 N–H and O–H groups in total. The Balaban J connectivity index is 0.000000640. The fourth-order valence-corrected chi connectivity index (χ4v) is 0.990. The Morgan fingerprint density at radius 1 is 1.67 bits per heavy atom. The third-order valence-corrected chi connectivity index (χ3v) is 1.69. The summed E-state index contributed by atoms with van der Waals surface area (Å²) >= 11 is 3.32. The number of halogens is 2. The Hall–Kier alpha value is -0.0200. The summed E-state index contributed by atoms with van der Waals surface area (Å²) in [6.45, 7) is 1.96. The molecule has 1 aromatic rings. The van der Waals surface area contributed by atoms with Crippen molar-refractivity contribution in [3.8, 4) is 0 Å². The van der Waals surface area contributed by atoms with E-state index >= 15 is 0 Å². The number of aryl methyl sites for hydroxylation is 2. The van der Waals surface area contributed by atoms with Crippen molar-refractivity contribution in [2.24, 2.45) is 7.05 Å². The first-order chi connectivity index (χ1) is 3.70. The van der Waals surface area contributed by atoms with Gasteiger partial charge in [0.1, 0.15) is 4.60 Å². The lowest BCUT2D eigenvalue weighted by molar-refractivity contribution is 0.740. The highest BCUT2D eigenvalue weighted by Crippen LogP contribution is 2.08. The smallest absolute Gasteiger partial charge is 0.104 e. The highest BCUT2D eigenvalue weighted by Gasteiger charge is 1.93. The Labute approximate surface area is 68.8 Å². The molecule has 0 aromatic carbocycles. The molecule has 0 aliphatic heterocycles. The van der Waals surface area contributed by atoms with Crippen molar-refractivity contribution in [1.82, 2.24) is 9.78 Å². The molecule has 0 saturated heterocycles. The first kappa shape index (κ1) is 8.98. The molecular formula is C5H8BrClN2. The average Bonchev–Trinajstić information content (AvgIpc) is 1.85. The molecule has 0 radical (unpaired) electrons. The summed E-state index contributed by atoms with van der Waals surface area (Å²) in [7, 11) is 1.90. The molecule has 0 amide bonds. The van der Waals surface area contributed by atoms with Crippen LogP contribution in [0, 0.1) is 6.92 Å². The van der Waals surface area contributed by atoms with Crippen LogP contribution in [-0.4, -0.2) is 9.78 Å². The van der Waals surface area contributed by atoms with Crippen LogP contribution >= 0.6 is 28.3 Å². The molecular weight excluding hydrogens is 203 g/mol. The van der Waals surface area contributed by atoms with E-state index in [4.69, 9.17) is 0 Å². The second-order valence-corrected chi connectivity index (χ2v) is 2.54. The molecule has 0 fully saturated rings. The van der Waals surface area contributed by atoms with Gasteiger partial charge in [0.25, 0.3) is 0 Å². The number of hydrogen-bond donors (Lipinski definition) is 0. The molecule has 0 atom stereocenters. The van der Waals surface area contributed by atoms with Gasteiger partial charge in [-0.3, -0.25) is 4.68 Å². The van der Waals surface area contributed by atoms with E-state index in [1.165, 1.54) is 0 Å². The van der Waals surface area contributed by atoms with Crippen LogP contribution in [0.2, 0.25) is 0 Å². The molecule has 0 unspecified atom stereocenters. The zero-order valence-electron chi connectivity index (χ0n) is 5.26. The fraction of sp³-hybridized carbons (Fsp3) is 0.400. The summed E-state index contributed by atoms with van der Waals surface area (Å²) in [6, 6.07) is 1.97. The van der Waals surface area contributed by atoms with E-state index in [0.717, 1.165) is 10.3 Å². The monoisotopic (exact) mass is 210 g/mol. The minimum atomic E-state index is 0. The lowest BCUT2D eigenvalue weighted by atomic mass is 10.5. The minimum absolute atomic E-state index is 0. The van der Waals surface area contributed by atoms with Crippen molar-refractivity contribution in [3.05, 3.63) is 16.4 Å². The van der Waals surface area contributed by atoms with Crippen molar-refractivity contribution in [1.29, 1.82) is 0 Å². The van der Waals surface area contributed by atoms with Gasteiger partial charge in [-0.15, -0.1) is 12.4 Å². The van der Waals surface area contributed by atoms with Crippen LogP contribution < -0.4 is 0 Å². The van der Waals surface area contributed by atoms with Gasteiger partial charge in [0.2, 0.25) is 0 Å². The third kappa shape index (κ3) is 1.99. The summed E-state index contributed by atoms with van der Waals surface area (Å²) in [4.78, 5) is 0. The van der Waals surface area contributed by atoms with Gasteiger partial charge in [-0.25, -0.2) is 0 Å². The number of hydrogen-bond acceptors (Lipinski definition) is 1. The van der Waals surface area contributed by atoms with E-state index in [0.29, 0.717) is 0 Å². The first-order valence-corrected chi connectivity index (χ1v) is 3.15. The second-order valence-electron chi connectivity index (χ2n) is 1.73. The van der Waals surface area contributed by atoms with Crippen LogP contribution in [-0.2, 0) is 7.05 Å². The van der Waals surface area contributed by atoms with Crippen LogP contribution in [0.1, 0.15) is 5.69 Å². The van der Waals surface area contributed by atoms with E-state index in [2.05, 4.69) is 21.0 Å². The zero-order valence-corrected chi connectivity index (χ0v) is 7.66. The molecule has 1 aromatic heterocycles. The Bertz CT molecular complexity index is 177. The van der Waals surface area contributed by atoms with Crippen LogP contribution in [0.5, 0.6) is 0 Å². The van der Waals surface area contributed by atoms with E-state index in [1.54, 1.807) is 4.68 Å². The summed E-state index contributed by atoms with van der Waals surface area (Å²) in [5.74, 6) is 0. The predicted octanol–water partition coefficient (Wildman–Crippen LogP) is 1.91. The summed E-state index contributed by atoms with van der Waals surface area (Å²) in [5.41, 5.74) is 1.04. The highest BCUT2D eigenvalue weighted by atomic mass is 79.9. The van der Waals surface area contributed by atoms with Crippen LogP contribution in [0.25, 0.3) is 0 Å². The van der Waals surface area contributed by atoms with Crippen LogP contribution in [0.4, 0.5) is 0 Å². The molecule has 4 heteroatoms. The Morgan fingerprint density at radius 3 is 2.33 bits per heavy atom. The number of rotatable bonds is 0. The van der Waals surface area contributed by atoms with Gasteiger partial charge >= 0.3 is 0 Å². The topological polar surface area (TPSA) is 17.8 Å². The van der Waals surface area contributed by atoms with Crippen molar-refractivity contribution < 1.29 is 0 Å². The summed E-state index contributed by atoms with van der Waals surface area (Å²) < 4.78 is 2.81. The molecule has 0 saturated carbocycles. The molecule has 0 aliphatic rings. The maximum absolute atomic E-state index is 4.08. The van der Waals surface area contributed by atoms with Crippen molar-refractivity contribution in [2.75, 3.05) is 0 Å². The van der Waals surface area contributed by atoms with Crippen molar-refractivity contribution in [3.63, 3.8) is 0 Å². The standard InChI is InChI=1S/C5H7BrN2.ClH/c1-4-3-5(6)8(2)7-4;/h3H,1-2H3;1H. The molecule has 0 spiro atoms. The van der Waals surface area contributed by atoms with Gasteiger partial charge in [0, 0.05) is 7.05 Å². The molecule has 2 nitrogen and oxygen atoms in total. The molecule has 0 bridgehead atoms. The van der Waals surface area contributed by atoms with E-state index in [-0.39, 0.29) is 12.4 Å². The first-order valence-electron chi connectivity index (χ1n) is 2.36. The van der Waals surface area contributed by atoms with Gasteiger partial charge < -0.3 is 0 Å². The maximum atomic E-state index is 4.08. The van der Waals surface area contributed by atoms with E-state index < -0.39 is 0 Å². The summed E-state index contributed by atoms with van der Waals surface area (Å²) in [5, 5.41) is 4.08. The molecule has 1 heterocycles. The zero-order chi connectivity index (χ0) is 6.15. The normalized spacial score (nSPS) is 8.78. The lowest BCUT2D eigenvalue weighted by Crippen LogP contribution is -1.88. The van der Waals surface area contributed by atoms with Gasteiger partial charge in [-0.1, -0.05) is 0 Å². The van der Waals surface area contributed by atoms with Gasteiger partial charge in [-0.2, -0.15) is 5.10 Å². The molecule has 9 heavy (non-hydrogen) atoms. The third-order valence-electron chi connectivity index (χ3n) is 0.945. The molecule has 52 valence electrons. The lowest BCUT2D eigenvalue weighted by Gasteiger charge is -1.85. The van der Waals surface area contributed by atoms with Crippen molar-refractivity contribution >= 4 is 28.3 Å². The molecule has 0 aliphatic carbocycles. The largest absolute Gasteiger partial charge is 0.261 e. The van der Waals surface area contributed by atoms with Crippen molar-refractivity contribution in [2.45, 2.75) is 6.92 Å². The maximum Gasteiger partial charge on any atom is 0.104 e. The van der Waals surface area contributed by atoms with Gasteiger partial charge in [0.05, 0.1) is 5.69 Å². The highest BCUT2D eigenvalue weighted by molar-refractivity contribution is 9.10. The fourth-order valence-electron chi connectivity index (χ4n) is 0.579. The van der Waals surface area contributed by atoms with Crippen LogP contribution in [0.15, 0.2) is 10.7 Å². The van der Waals surface area contributed by atoms with Gasteiger partial charge in [0.15, 0.2) is 0 Å². The SMILES string of the molecule is Cc1cc(Br)n(C)n1.Cl. The van der Waals surface area contributed by atoms with Crippen LogP contribution in [0.3, 0.4) is 0 Å². The Kier molecular flexibility index (Phi) is 3.22. The van der Waals surface area contributed by atoms with E-state index in [1.807, 2.05) is 20.0 Å². The quantitative estimate of drug-likeness (QED) is 0.641. The minimum Gasteiger partial charge on any atom is -0.261 e. The number of nitrogens with zero attached hydrogens (tertiary/aromatic N) is 2. The summed E-state index contributed by atoms with van der Waals surface area (Å²) in [6.07, 6.45) is 0.